The second kappa shape index (κ2) is 12.9. The molecule has 10 nitrogen and oxygen atoms in total. The minimum absolute atomic E-state index is 0.111. The lowest BCUT2D eigenvalue weighted by atomic mass is 9.99. The SMILES string of the molecule is CN(C)CCNC(=O)c1cccnc1CN1C(=O)C(NC(=O)OC(C)(C)C)N=C(c2ccccc2F)c2ccccc21. The molecule has 220 valence electrons. The van der Waals surface area contributed by atoms with E-state index in [2.05, 4.69) is 20.6 Å². The van der Waals surface area contributed by atoms with Crippen LogP contribution >= 0.6 is 0 Å². The van der Waals surface area contributed by atoms with Crippen LogP contribution < -0.4 is 15.5 Å². The molecule has 1 unspecified atom stereocenters. The first kappa shape index (κ1) is 30.3. The van der Waals surface area contributed by atoms with E-state index in [0.29, 0.717) is 35.6 Å². The number of nitrogens with zero attached hydrogens (tertiary/aromatic N) is 4. The van der Waals surface area contributed by atoms with E-state index in [4.69, 9.17) is 4.74 Å². The Morgan fingerprint density at radius 3 is 2.40 bits per heavy atom. The number of pyridine rings is 1. The normalized spacial score (nSPS) is 15.0. The first-order valence-electron chi connectivity index (χ1n) is 13.5. The molecule has 11 heteroatoms. The van der Waals surface area contributed by atoms with E-state index in [0.717, 1.165) is 0 Å². The highest BCUT2D eigenvalue weighted by Crippen LogP contribution is 2.30. The van der Waals surface area contributed by atoms with Crippen LogP contribution in [0.25, 0.3) is 0 Å². The van der Waals surface area contributed by atoms with Crippen molar-refractivity contribution in [3.63, 3.8) is 0 Å². The molecule has 0 saturated carbocycles. The maximum absolute atomic E-state index is 15.1. The monoisotopic (exact) mass is 574 g/mol. The van der Waals surface area contributed by atoms with Crippen LogP contribution in [0.3, 0.4) is 0 Å². The molecule has 1 aromatic heterocycles. The number of likely N-dealkylation sites (N-methyl/N-ethyl adjacent to an activating group) is 1. The highest BCUT2D eigenvalue weighted by molar-refractivity contribution is 6.20. The van der Waals surface area contributed by atoms with Crippen LogP contribution in [-0.2, 0) is 16.1 Å². The minimum Gasteiger partial charge on any atom is -0.444 e. The Morgan fingerprint density at radius 1 is 1.02 bits per heavy atom. The van der Waals surface area contributed by atoms with Crippen LogP contribution in [0.1, 0.15) is 48.0 Å². The highest BCUT2D eigenvalue weighted by atomic mass is 19.1. The van der Waals surface area contributed by atoms with Gasteiger partial charge < -0.3 is 19.9 Å². The number of anilines is 1. The highest BCUT2D eigenvalue weighted by Gasteiger charge is 2.35. The van der Waals surface area contributed by atoms with Crippen molar-refractivity contribution in [2.24, 2.45) is 4.99 Å². The lowest BCUT2D eigenvalue weighted by Crippen LogP contribution is -2.48. The average Bonchev–Trinajstić information content (AvgIpc) is 3.03. The van der Waals surface area contributed by atoms with E-state index in [1.807, 2.05) is 19.0 Å². The molecule has 1 atom stereocenters. The molecule has 4 rings (SSSR count). The van der Waals surface area contributed by atoms with Gasteiger partial charge in [-0.15, -0.1) is 0 Å². The van der Waals surface area contributed by atoms with Crippen molar-refractivity contribution >= 4 is 29.3 Å². The summed E-state index contributed by atoms with van der Waals surface area (Å²) in [5.41, 5.74) is 1.05. The van der Waals surface area contributed by atoms with Gasteiger partial charge in [0.15, 0.2) is 0 Å². The summed E-state index contributed by atoms with van der Waals surface area (Å²) in [6.45, 7) is 6.05. The summed E-state index contributed by atoms with van der Waals surface area (Å²) in [7, 11) is 3.81. The minimum atomic E-state index is -1.46. The number of benzene rings is 2. The van der Waals surface area contributed by atoms with Crippen molar-refractivity contribution < 1.29 is 23.5 Å². The van der Waals surface area contributed by atoms with Gasteiger partial charge in [-0.3, -0.25) is 19.9 Å². The number of ether oxygens (including phenoxy) is 1. The van der Waals surface area contributed by atoms with E-state index < -0.39 is 29.6 Å². The lowest BCUT2D eigenvalue weighted by molar-refractivity contribution is -0.120. The van der Waals surface area contributed by atoms with E-state index in [9.17, 15) is 14.4 Å². The fourth-order valence-corrected chi connectivity index (χ4v) is 4.38. The summed E-state index contributed by atoms with van der Waals surface area (Å²) in [6, 6.07) is 16.3. The molecular formula is C31H35FN6O4. The summed E-state index contributed by atoms with van der Waals surface area (Å²) >= 11 is 0. The predicted octanol–water partition coefficient (Wildman–Crippen LogP) is 3.75. The Balaban J connectivity index is 1.78. The van der Waals surface area contributed by atoms with Crippen molar-refractivity contribution in [1.82, 2.24) is 20.5 Å². The number of aromatic nitrogens is 1. The number of aliphatic imine (C=N–C) groups is 1. The molecule has 0 bridgehead atoms. The fraction of sp³-hybridized carbons (Fsp3) is 0.323. The molecule has 2 heterocycles. The summed E-state index contributed by atoms with van der Waals surface area (Å²) < 4.78 is 20.5. The zero-order valence-corrected chi connectivity index (χ0v) is 24.3. The molecule has 2 aromatic carbocycles. The molecule has 1 aliphatic rings. The van der Waals surface area contributed by atoms with Gasteiger partial charge in [0.1, 0.15) is 11.4 Å². The maximum Gasteiger partial charge on any atom is 0.409 e. The van der Waals surface area contributed by atoms with Crippen molar-refractivity contribution in [2.45, 2.75) is 39.1 Å². The molecule has 0 fully saturated rings. The number of rotatable bonds is 8. The molecule has 1 aliphatic heterocycles. The second-order valence-corrected chi connectivity index (χ2v) is 11.0. The van der Waals surface area contributed by atoms with E-state index in [-0.39, 0.29) is 23.7 Å². The Morgan fingerprint density at radius 2 is 1.71 bits per heavy atom. The Bertz CT molecular complexity index is 1500. The second-order valence-electron chi connectivity index (χ2n) is 11.0. The molecule has 3 aromatic rings. The number of alkyl carbamates (subject to hydrolysis) is 1. The number of hydrogen-bond acceptors (Lipinski definition) is 7. The number of amides is 3. The Hall–Kier alpha value is -4.64. The molecule has 0 radical (unpaired) electrons. The predicted molar refractivity (Wildman–Crippen MR) is 158 cm³/mol. The lowest BCUT2D eigenvalue weighted by Gasteiger charge is -2.26. The molecule has 42 heavy (non-hydrogen) atoms. The molecule has 3 amide bonds. The summed E-state index contributed by atoms with van der Waals surface area (Å²) in [5.74, 6) is -1.48. The molecular weight excluding hydrogens is 539 g/mol. The first-order valence-corrected chi connectivity index (χ1v) is 13.5. The van der Waals surface area contributed by atoms with E-state index in [1.165, 1.54) is 17.2 Å². The summed E-state index contributed by atoms with van der Waals surface area (Å²) in [6.07, 6.45) is -0.775. The van der Waals surface area contributed by atoms with Crippen molar-refractivity contribution in [1.29, 1.82) is 0 Å². The number of nitrogens with one attached hydrogen (secondary N) is 2. The largest absolute Gasteiger partial charge is 0.444 e. The van der Waals surface area contributed by atoms with E-state index >= 15 is 4.39 Å². The fourth-order valence-electron chi connectivity index (χ4n) is 4.38. The van der Waals surface area contributed by atoms with Crippen LogP contribution in [0.4, 0.5) is 14.9 Å². The zero-order chi connectivity index (χ0) is 30.4. The molecule has 2 N–H and O–H groups in total. The van der Waals surface area contributed by atoms with Gasteiger partial charge in [-0.2, -0.15) is 0 Å². The third-order valence-electron chi connectivity index (χ3n) is 6.28. The molecule has 0 spiro atoms. The average molecular weight is 575 g/mol. The molecule has 0 aliphatic carbocycles. The van der Waals surface area contributed by atoms with Gasteiger partial charge in [0, 0.05) is 30.4 Å². The third-order valence-corrected chi connectivity index (χ3v) is 6.28. The van der Waals surface area contributed by atoms with Crippen LogP contribution in [0.15, 0.2) is 71.9 Å². The Kier molecular flexibility index (Phi) is 9.31. The smallest absolute Gasteiger partial charge is 0.409 e. The van der Waals surface area contributed by atoms with Gasteiger partial charge in [0.25, 0.3) is 11.8 Å². The first-order chi connectivity index (χ1) is 19.9. The van der Waals surface area contributed by atoms with Crippen LogP contribution in [-0.4, -0.2) is 72.5 Å². The number of carbonyl (C=O) groups is 3. The van der Waals surface area contributed by atoms with Crippen molar-refractivity contribution in [3.05, 3.63) is 95.1 Å². The van der Waals surface area contributed by atoms with Gasteiger partial charge in [0.05, 0.1) is 29.2 Å². The van der Waals surface area contributed by atoms with Crippen LogP contribution in [0.5, 0.6) is 0 Å². The number of para-hydroxylation sites is 1. The van der Waals surface area contributed by atoms with Gasteiger partial charge in [-0.1, -0.05) is 30.3 Å². The van der Waals surface area contributed by atoms with Gasteiger partial charge >= 0.3 is 6.09 Å². The zero-order valence-electron chi connectivity index (χ0n) is 24.3. The Labute approximate surface area is 244 Å². The van der Waals surface area contributed by atoms with Gasteiger partial charge in [0.2, 0.25) is 6.17 Å². The number of halogens is 1. The maximum atomic E-state index is 15.1. The topological polar surface area (TPSA) is 116 Å². The molecule has 0 saturated heterocycles. The number of fused-ring (bicyclic) bond motifs is 1. The third kappa shape index (κ3) is 7.35. The van der Waals surface area contributed by atoms with Crippen LogP contribution in [0, 0.1) is 5.82 Å². The van der Waals surface area contributed by atoms with Crippen molar-refractivity contribution in [3.8, 4) is 0 Å². The number of carbonyl (C=O) groups excluding carboxylic acids is 3. The number of hydrogen-bond donors (Lipinski definition) is 2. The standard InChI is InChI=1S/C31H35FN6O4/c1-31(2,3)42-30(41)36-27-29(40)38(19-24-21(13-10-16-33-24)28(39)34-17-18-37(4)5)25-15-9-7-12-22(25)26(35-27)20-11-6-8-14-23(20)32/h6-16,27H,17-19H2,1-5H3,(H,34,39)(H,36,41). The summed E-state index contributed by atoms with van der Waals surface area (Å²) in [4.78, 5) is 52.4. The number of benzodiazepines with no additional fused rings is 1. The van der Waals surface area contributed by atoms with Gasteiger partial charge in [-0.05, 0) is 65.2 Å². The van der Waals surface area contributed by atoms with E-state index in [1.54, 1.807) is 75.4 Å². The van der Waals surface area contributed by atoms with Gasteiger partial charge in [-0.25, -0.2) is 14.2 Å². The quantitative estimate of drug-likeness (QED) is 0.424. The van der Waals surface area contributed by atoms with Crippen LogP contribution in [0.2, 0.25) is 0 Å². The van der Waals surface area contributed by atoms with Crippen molar-refractivity contribution in [2.75, 3.05) is 32.1 Å². The summed E-state index contributed by atoms with van der Waals surface area (Å²) in [5, 5.41) is 5.42.